The van der Waals surface area contributed by atoms with Gasteiger partial charge in [0.2, 0.25) is 15.9 Å². The second kappa shape index (κ2) is 9.91. The van der Waals surface area contributed by atoms with E-state index < -0.39 is 10.0 Å². The topological polar surface area (TPSA) is 69.7 Å². The van der Waals surface area contributed by atoms with E-state index in [1.165, 1.54) is 17.7 Å². The molecule has 0 saturated carbocycles. The Bertz CT molecular complexity index is 944. The van der Waals surface area contributed by atoms with Crippen molar-refractivity contribution in [2.45, 2.75) is 17.9 Å². The van der Waals surface area contributed by atoms with E-state index in [1.54, 1.807) is 17.0 Å². The van der Waals surface area contributed by atoms with Crippen molar-refractivity contribution in [3.05, 3.63) is 64.1 Å². The van der Waals surface area contributed by atoms with E-state index in [9.17, 15) is 13.2 Å². The molecule has 29 heavy (non-hydrogen) atoms. The van der Waals surface area contributed by atoms with Gasteiger partial charge in [0.25, 0.3) is 0 Å². The SMILES string of the molecule is O=C(CCNS(=O)(=O)c1ccccc1Cl)N1CCN(Cc2ccc(Cl)cc2)CC1. The van der Waals surface area contributed by atoms with Gasteiger partial charge in [-0.15, -0.1) is 0 Å². The second-order valence-electron chi connectivity index (χ2n) is 6.86. The predicted octanol–water partition coefficient (Wildman–Crippen LogP) is 3.01. The Morgan fingerprint density at radius 2 is 1.62 bits per heavy atom. The maximum Gasteiger partial charge on any atom is 0.242 e. The van der Waals surface area contributed by atoms with Crippen molar-refractivity contribution in [1.29, 1.82) is 0 Å². The summed E-state index contributed by atoms with van der Waals surface area (Å²) in [7, 11) is -3.73. The van der Waals surface area contributed by atoms with Crippen LogP contribution in [-0.2, 0) is 21.4 Å². The van der Waals surface area contributed by atoms with Crippen LogP contribution >= 0.6 is 23.2 Å². The molecule has 9 heteroatoms. The Morgan fingerprint density at radius 1 is 0.966 bits per heavy atom. The van der Waals surface area contributed by atoms with Crippen LogP contribution < -0.4 is 4.72 Å². The van der Waals surface area contributed by atoms with Gasteiger partial charge in [-0.2, -0.15) is 0 Å². The Hall–Kier alpha value is -1.64. The van der Waals surface area contributed by atoms with E-state index in [4.69, 9.17) is 23.2 Å². The van der Waals surface area contributed by atoms with Crippen molar-refractivity contribution >= 4 is 39.1 Å². The second-order valence-corrected chi connectivity index (χ2v) is 9.44. The molecule has 0 spiro atoms. The fourth-order valence-electron chi connectivity index (χ4n) is 3.19. The minimum atomic E-state index is -3.73. The zero-order valence-electron chi connectivity index (χ0n) is 15.9. The summed E-state index contributed by atoms with van der Waals surface area (Å²) in [4.78, 5) is 16.5. The number of nitrogens with one attached hydrogen (secondary N) is 1. The molecule has 1 saturated heterocycles. The van der Waals surface area contributed by atoms with E-state index in [0.717, 1.165) is 19.6 Å². The van der Waals surface area contributed by atoms with Crippen molar-refractivity contribution in [1.82, 2.24) is 14.5 Å². The molecule has 1 fully saturated rings. The molecule has 0 unspecified atom stereocenters. The fourth-order valence-corrected chi connectivity index (χ4v) is 4.87. The molecule has 2 aromatic carbocycles. The van der Waals surface area contributed by atoms with E-state index >= 15 is 0 Å². The number of benzene rings is 2. The van der Waals surface area contributed by atoms with Gasteiger partial charge < -0.3 is 4.90 Å². The Kier molecular flexibility index (Phi) is 7.54. The van der Waals surface area contributed by atoms with Crippen LogP contribution in [0.4, 0.5) is 0 Å². The zero-order valence-corrected chi connectivity index (χ0v) is 18.2. The maximum absolute atomic E-state index is 12.4. The van der Waals surface area contributed by atoms with Gasteiger partial charge in [0.1, 0.15) is 4.90 Å². The summed E-state index contributed by atoms with van der Waals surface area (Å²) in [5.74, 6) is -0.0574. The largest absolute Gasteiger partial charge is 0.340 e. The van der Waals surface area contributed by atoms with Gasteiger partial charge in [-0.3, -0.25) is 9.69 Å². The summed E-state index contributed by atoms with van der Waals surface area (Å²) in [6.07, 6.45) is 0.112. The molecule has 1 N–H and O–H groups in total. The number of halogens is 2. The molecule has 6 nitrogen and oxygen atoms in total. The van der Waals surface area contributed by atoms with Crippen LogP contribution in [0.5, 0.6) is 0 Å². The van der Waals surface area contributed by atoms with E-state index in [2.05, 4.69) is 9.62 Å². The minimum Gasteiger partial charge on any atom is -0.340 e. The Labute approximate surface area is 181 Å². The highest BCUT2D eigenvalue weighted by molar-refractivity contribution is 7.89. The first-order valence-electron chi connectivity index (χ1n) is 9.34. The average Bonchev–Trinajstić information content (AvgIpc) is 2.70. The fraction of sp³-hybridized carbons (Fsp3) is 0.350. The van der Waals surface area contributed by atoms with Gasteiger partial charge >= 0.3 is 0 Å². The highest BCUT2D eigenvalue weighted by Crippen LogP contribution is 2.20. The zero-order chi connectivity index (χ0) is 20.9. The molecule has 3 rings (SSSR count). The van der Waals surface area contributed by atoms with Crippen molar-refractivity contribution in [2.24, 2.45) is 0 Å². The first-order valence-corrected chi connectivity index (χ1v) is 11.6. The quantitative estimate of drug-likeness (QED) is 0.696. The molecule has 1 heterocycles. The maximum atomic E-state index is 12.4. The first-order chi connectivity index (χ1) is 13.8. The summed E-state index contributed by atoms with van der Waals surface area (Å²) in [5, 5.41) is 0.873. The molecule has 156 valence electrons. The highest BCUT2D eigenvalue weighted by Gasteiger charge is 2.22. The van der Waals surface area contributed by atoms with Gasteiger partial charge in [-0.1, -0.05) is 47.5 Å². The number of sulfonamides is 1. The van der Waals surface area contributed by atoms with Gasteiger partial charge in [-0.05, 0) is 29.8 Å². The van der Waals surface area contributed by atoms with Gasteiger partial charge in [0, 0.05) is 50.7 Å². The molecule has 0 radical (unpaired) electrons. The molecule has 1 amide bonds. The van der Waals surface area contributed by atoms with E-state index in [1.807, 2.05) is 24.3 Å². The number of rotatable bonds is 7. The lowest BCUT2D eigenvalue weighted by atomic mass is 10.2. The standard InChI is InChI=1S/C20H23Cl2N3O3S/c21-17-7-5-16(6-8-17)15-24-11-13-25(14-12-24)20(26)9-10-23-29(27,28)19-4-2-1-3-18(19)22/h1-8,23H,9-15H2. The summed E-state index contributed by atoms with van der Waals surface area (Å²) in [6.45, 7) is 3.67. The third-order valence-electron chi connectivity index (χ3n) is 4.80. The van der Waals surface area contributed by atoms with Crippen molar-refractivity contribution in [3.8, 4) is 0 Å². The average molecular weight is 456 g/mol. The van der Waals surface area contributed by atoms with Crippen LogP contribution in [0.15, 0.2) is 53.4 Å². The predicted molar refractivity (Wildman–Crippen MR) is 115 cm³/mol. The molecule has 1 aliphatic rings. The molecular formula is C20H23Cl2N3O3S. The summed E-state index contributed by atoms with van der Waals surface area (Å²) >= 11 is 11.9. The van der Waals surface area contributed by atoms with Crippen LogP contribution in [0.25, 0.3) is 0 Å². The molecule has 1 aliphatic heterocycles. The van der Waals surface area contributed by atoms with Gasteiger partial charge in [0.15, 0.2) is 0 Å². The first kappa shape index (κ1) is 22.1. The minimum absolute atomic E-state index is 0.0185. The number of amides is 1. The summed E-state index contributed by atoms with van der Waals surface area (Å²) in [5.41, 5.74) is 1.18. The molecule has 0 aromatic heterocycles. The Morgan fingerprint density at radius 3 is 2.28 bits per heavy atom. The lowest BCUT2D eigenvalue weighted by molar-refractivity contribution is -0.132. The molecule has 2 aromatic rings. The number of carbonyl (C=O) groups is 1. The lowest BCUT2D eigenvalue weighted by Crippen LogP contribution is -2.48. The van der Waals surface area contributed by atoms with Crippen LogP contribution in [0.2, 0.25) is 10.0 Å². The van der Waals surface area contributed by atoms with Gasteiger partial charge in [0.05, 0.1) is 5.02 Å². The molecule has 0 bridgehead atoms. The van der Waals surface area contributed by atoms with Gasteiger partial charge in [-0.25, -0.2) is 13.1 Å². The smallest absolute Gasteiger partial charge is 0.242 e. The van der Waals surface area contributed by atoms with E-state index in [-0.39, 0.29) is 28.8 Å². The normalized spacial score (nSPS) is 15.4. The number of nitrogens with zero attached hydrogens (tertiary/aromatic N) is 2. The van der Waals surface area contributed by atoms with Crippen molar-refractivity contribution < 1.29 is 13.2 Å². The van der Waals surface area contributed by atoms with Crippen molar-refractivity contribution in [3.63, 3.8) is 0 Å². The monoisotopic (exact) mass is 455 g/mol. The number of hydrogen-bond acceptors (Lipinski definition) is 4. The van der Waals surface area contributed by atoms with E-state index in [0.29, 0.717) is 18.1 Å². The highest BCUT2D eigenvalue weighted by atomic mass is 35.5. The number of hydrogen-bond donors (Lipinski definition) is 1. The van der Waals surface area contributed by atoms with Crippen LogP contribution in [0, 0.1) is 0 Å². The molecular weight excluding hydrogens is 433 g/mol. The molecule has 0 atom stereocenters. The summed E-state index contributed by atoms with van der Waals surface area (Å²) in [6, 6.07) is 14.0. The van der Waals surface area contributed by atoms with Crippen LogP contribution in [0.3, 0.4) is 0 Å². The van der Waals surface area contributed by atoms with Crippen LogP contribution in [-0.4, -0.2) is 56.8 Å². The summed E-state index contributed by atoms with van der Waals surface area (Å²) < 4.78 is 27.1. The van der Waals surface area contributed by atoms with Crippen LogP contribution in [0.1, 0.15) is 12.0 Å². The lowest BCUT2D eigenvalue weighted by Gasteiger charge is -2.34. The third kappa shape index (κ3) is 6.17. The third-order valence-corrected chi connectivity index (χ3v) is 7.01. The number of piperazine rings is 1. The number of carbonyl (C=O) groups excluding carboxylic acids is 1. The molecule has 0 aliphatic carbocycles. The van der Waals surface area contributed by atoms with Crippen molar-refractivity contribution in [2.75, 3.05) is 32.7 Å². The Balaban J connectivity index is 1.43.